The molecule has 3 fully saturated rings. The summed E-state index contributed by atoms with van der Waals surface area (Å²) in [4.78, 5) is 7.40. The summed E-state index contributed by atoms with van der Waals surface area (Å²) in [6.07, 6.45) is 7.74. The molecule has 2 aliphatic heterocycles. The van der Waals surface area contributed by atoms with Crippen LogP contribution in [-0.2, 0) is 12.0 Å². The van der Waals surface area contributed by atoms with Crippen LogP contribution in [0.3, 0.4) is 0 Å². The van der Waals surface area contributed by atoms with E-state index >= 15 is 0 Å². The van der Waals surface area contributed by atoms with Gasteiger partial charge < -0.3 is 9.84 Å². The summed E-state index contributed by atoms with van der Waals surface area (Å²) in [5, 5.41) is 7.88. The lowest BCUT2D eigenvalue weighted by molar-refractivity contribution is 0.221. The highest BCUT2D eigenvalue weighted by Crippen LogP contribution is 2.47. The zero-order valence-corrected chi connectivity index (χ0v) is 15.4. The van der Waals surface area contributed by atoms with Gasteiger partial charge >= 0.3 is 0 Å². The largest absolute Gasteiger partial charge is 0.338 e. The minimum atomic E-state index is 0.0800. The van der Waals surface area contributed by atoms with Crippen LogP contribution in [0.2, 0.25) is 0 Å². The van der Waals surface area contributed by atoms with Gasteiger partial charge in [0.05, 0.1) is 5.41 Å². The first kappa shape index (κ1) is 16.5. The second kappa shape index (κ2) is 6.78. The first-order valence-corrected chi connectivity index (χ1v) is 10.2. The number of benzene rings is 1. The fourth-order valence-corrected chi connectivity index (χ4v) is 5.23. The van der Waals surface area contributed by atoms with Crippen molar-refractivity contribution in [1.82, 2.24) is 20.4 Å². The SMILES string of the molecule is c1cc(CN2CCCCC2)cc(-c2noc([C@@]34CCC[C@@H]3CNC4)n2)c1. The van der Waals surface area contributed by atoms with Crippen LogP contribution in [0.5, 0.6) is 0 Å². The number of aromatic nitrogens is 2. The Kier molecular flexibility index (Phi) is 4.29. The van der Waals surface area contributed by atoms with E-state index in [2.05, 4.69) is 39.6 Å². The zero-order chi connectivity index (χ0) is 17.4. The molecule has 5 nitrogen and oxygen atoms in total. The number of hydrogen-bond acceptors (Lipinski definition) is 5. The fraction of sp³-hybridized carbons (Fsp3) is 0.619. The Labute approximate surface area is 155 Å². The molecule has 1 saturated carbocycles. The van der Waals surface area contributed by atoms with Crippen molar-refractivity contribution in [3.05, 3.63) is 35.7 Å². The number of piperidine rings is 1. The van der Waals surface area contributed by atoms with Gasteiger partial charge in [0, 0.05) is 18.7 Å². The second-order valence-electron chi connectivity index (χ2n) is 8.34. The molecule has 0 bridgehead atoms. The third-order valence-electron chi connectivity index (χ3n) is 6.68. The number of nitrogens with one attached hydrogen (secondary N) is 1. The van der Waals surface area contributed by atoms with Gasteiger partial charge in [0.1, 0.15) is 0 Å². The molecule has 2 saturated heterocycles. The van der Waals surface area contributed by atoms with Gasteiger partial charge in [-0.25, -0.2) is 0 Å². The molecule has 2 aromatic rings. The van der Waals surface area contributed by atoms with Gasteiger partial charge in [-0.15, -0.1) is 0 Å². The molecule has 26 heavy (non-hydrogen) atoms. The van der Waals surface area contributed by atoms with Crippen LogP contribution >= 0.6 is 0 Å². The molecular weight excluding hydrogens is 324 g/mol. The van der Waals surface area contributed by atoms with Crippen LogP contribution in [0, 0.1) is 5.92 Å². The maximum atomic E-state index is 5.79. The van der Waals surface area contributed by atoms with E-state index in [0.717, 1.165) is 36.9 Å². The van der Waals surface area contributed by atoms with Gasteiger partial charge in [-0.05, 0) is 62.9 Å². The summed E-state index contributed by atoms with van der Waals surface area (Å²) < 4.78 is 5.79. The summed E-state index contributed by atoms with van der Waals surface area (Å²) >= 11 is 0. The van der Waals surface area contributed by atoms with Gasteiger partial charge in [-0.1, -0.05) is 36.2 Å². The van der Waals surface area contributed by atoms with Crippen molar-refractivity contribution in [3.63, 3.8) is 0 Å². The topological polar surface area (TPSA) is 54.2 Å². The van der Waals surface area contributed by atoms with E-state index in [9.17, 15) is 0 Å². The van der Waals surface area contributed by atoms with Crippen molar-refractivity contribution in [1.29, 1.82) is 0 Å². The average molecular weight is 352 g/mol. The molecule has 1 N–H and O–H groups in total. The highest BCUT2D eigenvalue weighted by molar-refractivity contribution is 5.55. The second-order valence-corrected chi connectivity index (χ2v) is 8.34. The van der Waals surface area contributed by atoms with Crippen molar-refractivity contribution in [2.45, 2.75) is 50.5 Å². The Morgan fingerprint density at radius 1 is 1.19 bits per heavy atom. The van der Waals surface area contributed by atoms with Crippen molar-refractivity contribution < 1.29 is 4.52 Å². The maximum absolute atomic E-state index is 5.79. The van der Waals surface area contributed by atoms with Crippen molar-refractivity contribution >= 4 is 0 Å². The van der Waals surface area contributed by atoms with E-state index in [1.165, 1.54) is 57.2 Å². The van der Waals surface area contributed by atoms with Crippen LogP contribution in [0.4, 0.5) is 0 Å². The van der Waals surface area contributed by atoms with E-state index in [1.807, 2.05) is 0 Å². The summed E-state index contributed by atoms with van der Waals surface area (Å²) in [5.74, 6) is 2.25. The van der Waals surface area contributed by atoms with Gasteiger partial charge in [0.2, 0.25) is 11.7 Å². The molecule has 1 aliphatic carbocycles. The summed E-state index contributed by atoms with van der Waals surface area (Å²) in [6.45, 7) is 5.52. The van der Waals surface area contributed by atoms with E-state index in [1.54, 1.807) is 0 Å². The monoisotopic (exact) mass is 352 g/mol. The summed E-state index contributed by atoms with van der Waals surface area (Å²) in [7, 11) is 0. The lowest BCUT2D eigenvalue weighted by Crippen LogP contribution is -2.31. The third-order valence-corrected chi connectivity index (χ3v) is 6.68. The summed E-state index contributed by atoms with van der Waals surface area (Å²) in [6, 6.07) is 8.68. The molecule has 5 heteroatoms. The van der Waals surface area contributed by atoms with Gasteiger partial charge in [0.15, 0.2) is 0 Å². The lowest BCUT2D eigenvalue weighted by atomic mass is 9.80. The van der Waals surface area contributed by atoms with E-state index in [-0.39, 0.29) is 5.41 Å². The van der Waals surface area contributed by atoms with E-state index < -0.39 is 0 Å². The highest BCUT2D eigenvalue weighted by Gasteiger charge is 2.51. The van der Waals surface area contributed by atoms with Crippen LogP contribution in [0.1, 0.15) is 50.0 Å². The number of nitrogens with zero attached hydrogens (tertiary/aromatic N) is 3. The number of fused-ring (bicyclic) bond motifs is 1. The first-order valence-electron chi connectivity index (χ1n) is 10.2. The standard InChI is InChI=1S/C21H28N4O/c1-2-10-25(11-3-1)14-16-6-4-7-17(12-16)19-23-20(26-24-19)21-9-5-8-18(21)13-22-15-21/h4,6-7,12,18,22H,1-3,5,8-11,13-15H2/t18-,21-/m1/s1. The Morgan fingerprint density at radius 2 is 2.12 bits per heavy atom. The van der Waals surface area contributed by atoms with Crippen LogP contribution in [0.25, 0.3) is 11.4 Å². The molecule has 3 aliphatic rings. The predicted octanol–water partition coefficient (Wildman–Crippen LogP) is 3.36. The molecule has 1 aromatic heterocycles. The van der Waals surface area contributed by atoms with Crippen LogP contribution < -0.4 is 5.32 Å². The normalized spacial score (nSPS) is 29.2. The molecule has 2 atom stereocenters. The number of rotatable bonds is 4. The number of hydrogen-bond donors (Lipinski definition) is 1. The quantitative estimate of drug-likeness (QED) is 0.914. The smallest absolute Gasteiger partial charge is 0.234 e. The molecule has 5 rings (SSSR count). The van der Waals surface area contributed by atoms with Crippen LogP contribution in [0.15, 0.2) is 28.8 Å². The maximum Gasteiger partial charge on any atom is 0.234 e. The molecule has 3 heterocycles. The molecule has 0 radical (unpaired) electrons. The van der Waals surface area contributed by atoms with Crippen molar-refractivity contribution in [2.75, 3.05) is 26.2 Å². The molecular formula is C21H28N4O. The minimum absolute atomic E-state index is 0.0800. The predicted molar refractivity (Wildman–Crippen MR) is 101 cm³/mol. The Morgan fingerprint density at radius 3 is 3.04 bits per heavy atom. The van der Waals surface area contributed by atoms with E-state index in [4.69, 9.17) is 9.51 Å². The molecule has 0 unspecified atom stereocenters. The Hall–Kier alpha value is -1.72. The van der Waals surface area contributed by atoms with Crippen LogP contribution in [-0.4, -0.2) is 41.2 Å². The third kappa shape index (κ3) is 2.87. The molecule has 0 amide bonds. The van der Waals surface area contributed by atoms with Gasteiger partial charge in [-0.2, -0.15) is 4.98 Å². The fourth-order valence-electron chi connectivity index (χ4n) is 5.23. The first-order chi connectivity index (χ1) is 12.8. The van der Waals surface area contributed by atoms with E-state index in [0.29, 0.717) is 5.92 Å². The van der Waals surface area contributed by atoms with Crippen molar-refractivity contribution in [3.8, 4) is 11.4 Å². The molecule has 0 spiro atoms. The van der Waals surface area contributed by atoms with Crippen molar-refractivity contribution in [2.24, 2.45) is 5.92 Å². The Balaban J connectivity index is 1.37. The Bertz CT molecular complexity index is 755. The zero-order valence-electron chi connectivity index (χ0n) is 15.4. The number of likely N-dealkylation sites (tertiary alicyclic amines) is 1. The molecule has 1 aromatic carbocycles. The van der Waals surface area contributed by atoms with Gasteiger partial charge in [-0.3, -0.25) is 4.90 Å². The minimum Gasteiger partial charge on any atom is -0.338 e. The van der Waals surface area contributed by atoms with Gasteiger partial charge in [0.25, 0.3) is 0 Å². The summed E-state index contributed by atoms with van der Waals surface area (Å²) in [5.41, 5.74) is 2.50. The molecule has 138 valence electrons. The average Bonchev–Trinajstić information content (AvgIpc) is 3.38. The highest BCUT2D eigenvalue weighted by atomic mass is 16.5. The lowest BCUT2D eigenvalue weighted by Gasteiger charge is -2.26.